The van der Waals surface area contributed by atoms with Gasteiger partial charge >= 0.3 is 6.09 Å². The Hall–Kier alpha value is -3.43. The zero-order valence-electron chi connectivity index (χ0n) is 20.2. The minimum Gasteiger partial charge on any atom is -0.444 e. The first-order valence-corrected chi connectivity index (χ1v) is 11.7. The van der Waals surface area contributed by atoms with Crippen molar-refractivity contribution in [3.8, 4) is 0 Å². The number of fused-ring (bicyclic) bond motifs is 2. The molecule has 10 heteroatoms. The lowest BCUT2D eigenvalue weighted by Crippen LogP contribution is -2.35. The number of amides is 2. The Morgan fingerprint density at radius 1 is 1.12 bits per heavy atom. The zero-order valence-corrected chi connectivity index (χ0v) is 20.2. The summed E-state index contributed by atoms with van der Waals surface area (Å²) in [5.74, 6) is 0.247. The number of nitrogens with one attached hydrogen (secondary N) is 2. The monoisotopic (exact) mass is 468 g/mol. The Balaban J connectivity index is 1.64. The molecule has 2 aromatic heterocycles. The maximum atomic E-state index is 13.4. The number of pyridine rings is 1. The molecule has 0 fully saturated rings. The average molecular weight is 469 g/mol. The Morgan fingerprint density at radius 3 is 2.65 bits per heavy atom. The van der Waals surface area contributed by atoms with Crippen LogP contribution in [0.25, 0.3) is 0 Å². The van der Waals surface area contributed by atoms with Crippen LogP contribution >= 0.6 is 0 Å². The Morgan fingerprint density at radius 2 is 1.88 bits per heavy atom. The third-order valence-electron chi connectivity index (χ3n) is 5.92. The number of anilines is 2. The number of carbonyl (C=O) groups excluding carboxylic acids is 2. The summed E-state index contributed by atoms with van der Waals surface area (Å²) in [6.07, 6.45) is 4.77. The summed E-state index contributed by atoms with van der Waals surface area (Å²) in [5, 5.41) is 6.08. The van der Waals surface area contributed by atoms with E-state index in [1.165, 1.54) is 6.33 Å². The normalized spacial score (nSPS) is 16.4. The molecule has 0 unspecified atom stereocenters. The van der Waals surface area contributed by atoms with Crippen LogP contribution in [-0.2, 0) is 24.4 Å². The second-order valence-electron chi connectivity index (χ2n) is 9.83. The molecule has 34 heavy (non-hydrogen) atoms. The summed E-state index contributed by atoms with van der Waals surface area (Å²) in [6.45, 7) is 8.96. The van der Waals surface area contributed by atoms with Gasteiger partial charge in [-0.15, -0.1) is 0 Å². The third kappa shape index (κ3) is 5.05. The fraction of sp³-hybridized carbons (Fsp3) is 0.542. The Kier molecular flexibility index (Phi) is 6.58. The maximum absolute atomic E-state index is 13.4. The van der Waals surface area contributed by atoms with Gasteiger partial charge in [0.1, 0.15) is 29.1 Å². The van der Waals surface area contributed by atoms with E-state index >= 15 is 0 Å². The minimum absolute atomic E-state index is 0.223. The molecule has 0 bridgehead atoms. The van der Waals surface area contributed by atoms with E-state index in [4.69, 9.17) is 4.74 Å². The van der Waals surface area contributed by atoms with Crippen molar-refractivity contribution in [1.29, 1.82) is 0 Å². The van der Waals surface area contributed by atoms with Gasteiger partial charge in [-0.3, -0.25) is 14.5 Å². The standard InChI is InChI=1S/C24H32N6O4/c1-15-11-17(22(32)30-10-8-6-5-7-9-25-21(31)19(15)30)28-20-16-12-29(13-18(16)26-14-27-20)23(33)34-24(2,3)4/h11,14H,5-10,12-13H2,1-4H3,(H,25,31)(H,26,27,28). The van der Waals surface area contributed by atoms with Crippen molar-refractivity contribution in [3.05, 3.63) is 45.3 Å². The molecule has 2 aliphatic rings. The van der Waals surface area contributed by atoms with Gasteiger partial charge in [0.2, 0.25) is 0 Å². The molecule has 4 heterocycles. The number of aryl methyl sites for hydroxylation is 1. The molecule has 0 aliphatic carbocycles. The fourth-order valence-electron chi connectivity index (χ4n) is 4.31. The van der Waals surface area contributed by atoms with Gasteiger partial charge in [0.25, 0.3) is 11.5 Å². The fourth-order valence-corrected chi connectivity index (χ4v) is 4.31. The lowest BCUT2D eigenvalue weighted by molar-refractivity contribution is 0.0241. The molecule has 0 saturated heterocycles. The number of carbonyl (C=O) groups is 2. The van der Waals surface area contributed by atoms with Gasteiger partial charge in [-0.05, 0) is 52.2 Å². The SMILES string of the molecule is Cc1cc(Nc2ncnc3c2CN(C(=O)OC(C)(C)C)C3)c(=O)n2c1C(=O)NCCCCCC2. The van der Waals surface area contributed by atoms with Crippen molar-refractivity contribution in [2.24, 2.45) is 0 Å². The van der Waals surface area contributed by atoms with E-state index in [9.17, 15) is 14.4 Å². The summed E-state index contributed by atoms with van der Waals surface area (Å²) in [4.78, 5) is 48.9. The average Bonchev–Trinajstić information content (AvgIpc) is 3.20. The quantitative estimate of drug-likeness (QED) is 0.694. The van der Waals surface area contributed by atoms with E-state index in [2.05, 4.69) is 20.6 Å². The van der Waals surface area contributed by atoms with Crippen LogP contribution in [0, 0.1) is 6.92 Å². The number of aromatic nitrogens is 3. The predicted octanol–water partition coefficient (Wildman–Crippen LogP) is 3.24. The molecular weight excluding hydrogens is 436 g/mol. The van der Waals surface area contributed by atoms with Crippen molar-refractivity contribution < 1.29 is 14.3 Å². The van der Waals surface area contributed by atoms with Crippen molar-refractivity contribution in [2.75, 3.05) is 11.9 Å². The molecular formula is C24H32N6O4. The maximum Gasteiger partial charge on any atom is 0.410 e. The lowest BCUT2D eigenvalue weighted by Gasteiger charge is -2.24. The highest BCUT2D eigenvalue weighted by Crippen LogP contribution is 2.29. The van der Waals surface area contributed by atoms with E-state index < -0.39 is 11.7 Å². The van der Waals surface area contributed by atoms with E-state index in [-0.39, 0.29) is 18.0 Å². The van der Waals surface area contributed by atoms with E-state index in [0.717, 1.165) is 31.2 Å². The Bertz CT molecular complexity index is 1170. The van der Waals surface area contributed by atoms with E-state index in [1.54, 1.807) is 15.5 Å². The van der Waals surface area contributed by atoms with Gasteiger partial charge in [0.15, 0.2) is 0 Å². The van der Waals surface area contributed by atoms with Crippen LogP contribution in [-0.4, -0.2) is 43.6 Å². The van der Waals surface area contributed by atoms with Crippen LogP contribution in [0.4, 0.5) is 16.3 Å². The van der Waals surface area contributed by atoms with Crippen molar-refractivity contribution in [3.63, 3.8) is 0 Å². The second-order valence-corrected chi connectivity index (χ2v) is 9.83. The van der Waals surface area contributed by atoms with Gasteiger partial charge in [-0.2, -0.15) is 0 Å². The first-order valence-electron chi connectivity index (χ1n) is 11.7. The van der Waals surface area contributed by atoms with Crippen LogP contribution in [0.15, 0.2) is 17.2 Å². The molecule has 2 amide bonds. The summed E-state index contributed by atoms with van der Waals surface area (Å²) in [7, 11) is 0. The largest absolute Gasteiger partial charge is 0.444 e. The smallest absolute Gasteiger partial charge is 0.410 e. The number of nitrogens with zero attached hydrogens (tertiary/aromatic N) is 4. The molecule has 2 N–H and O–H groups in total. The van der Waals surface area contributed by atoms with E-state index in [1.807, 2.05) is 27.7 Å². The van der Waals surface area contributed by atoms with Crippen LogP contribution in [0.5, 0.6) is 0 Å². The highest BCUT2D eigenvalue weighted by atomic mass is 16.6. The lowest BCUT2D eigenvalue weighted by atomic mass is 10.1. The predicted molar refractivity (Wildman–Crippen MR) is 127 cm³/mol. The highest BCUT2D eigenvalue weighted by molar-refractivity contribution is 5.94. The number of hydrogen-bond acceptors (Lipinski definition) is 7. The zero-order chi connectivity index (χ0) is 24.5. The summed E-state index contributed by atoms with van der Waals surface area (Å²) in [5.41, 5.74) is 2.03. The van der Waals surface area contributed by atoms with Crippen molar-refractivity contribution in [2.45, 2.75) is 78.6 Å². The summed E-state index contributed by atoms with van der Waals surface area (Å²) < 4.78 is 7.05. The molecule has 0 atom stereocenters. The Labute approximate surface area is 198 Å². The van der Waals surface area contributed by atoms with Crippen molar-refractivity contribution in [1.82, 2.24) is 24.8 Å². The molecule has 0 spiro atoms. The first-order chi connectivity index (χ1) is 16.1. The minimum atomic E-state index is -0.601. The third-order valence-corrected chi connectivity index (χ3v) is 5.92. The van der Waals surface area contributed by atoms with Gasteiger partial charge in [-0.1, -0.05) is 12.8 Å². The van der Waals surface area contributed by atoms with Gasteiger partial charge in [0.05, 0.1) is 18.8 Å². The molecule has 182 valence electrons. The number of hydrogen-bond donors (Lipinski definition) is 2. The molecule has 4 rings (SSSR count). The van der Waals surface area contributed by atoms with E-state index in [0.29, 0.717) is 48.1 Å². The van der Waals surface area contributed by atoms with Crippen molar-refractivity contribution >= 4 is 23.5 Å². The number of rotatable bonds is 2. The number of ether oxygens (including phenoxy) is 1. The first kappa shape index (κ1) is 23.7. The van der Waals surface area contributed by atoms with Crippen LogP contribution in [0.2, 0.25) is 0 Å². The van der Waals surface area contributed by atoms with Gasteiger partial charge in [-0.25, -0.2) is 14.8 Å². The molecule has 0 saturated carbocycles. The van der Waals surface area contributed by atoms with Gasteiger partial charge < -0.3 is 19.9 Å². The molecule has 2 aromatic rings. The summed E-state index contributed by atoms with van der Waals surface area (Å²) in [6, 6.07) is 1.69. The molecule has 0 radical (unpaired) electrons. The summed E-state index contributed by atoms with van der Waals surface area (Å²) >= 11 is 0. The molecule has 0 aromatic carbocycles. The molecule has 10 nitrogen and oxygen atoms in total. The topological polar surface area (TPSA) is 118 Å². The molecule has 2 aliphatic heterocycles. The second kappa shape index (κ2) is 9.44. The van der Waals surface area contributed by atoms with Crippen LogP contribution < -0.4 is 16.2 Å². The van der Waals surface area contributed by atoms with Crippen LogP contribution in [0.3, 0.4) is 0 Å². The van der Waals surface area contributed by atoms with Gasteiger partial charge in [0, 0.05) is 18.7 Å². The highest BCUT2D eigenvalue weighted by Gasteiger charge is 2.31. The van der Waals surface area contributed by atoms with Crippen LogP contribution in [0.1, 0.15) is 73.8 Å².